The third-order valence-electron chi connectivity index (χ3n) is 13.6. The molecule has 0 aromatic carbocycles. The van der Waals surface area contributed by atoms with Crippen LogP contribution in [0.5, 0.6) is 0 Å². The average Bonchev–Trinajstić information content (AvgIpc) is 3.41. The van der Waals surface area contributed by atoms with E-state index in [2.05, 4.69) is 123 Å². The van der Waals surface area contributed by atoms with E-state index in [1.807, 2.05) is 21.1 Å². The number of allylic oxidation sites excluding steroid dienone is 18. The smallest absolute Gasteiger partial charge is 0.462 e. The topological polar surface area (TPSA) is 108 Å². The molecule has 0 saturated carbocycles. The summed E-state index contributed by atoms with van der Waals surface area (Å²) >= 11 is 0. The van der Waals surface area contributed by atoms with Gasteiger partial charge in [0.15, 0.2) is 6.10 Å². The van der Waals surface area contributed by atoms with Gasteiger partial charge in [0.1, 0.15) is 19.8 Å². The van der Waals surface area contributed by atoms with Gasteiger partial charge in [0.25, 0.3) is 0 Å². The molecule has 79 heavy (non-hydrogen) atoms. The lowest BCUT2D eigenvalue weighted by Gasteiger charge is -2.24. The number of hydrogen-bond donors (Lipinski definition) is 1. The third kappa shape index (κ3) is 63.7. The van der Waals surface area contributed by atoms with Gasteiger partial charge in [-0.15, -0.1) is 0 Å². The highest BCUT2D eigenvalue weighted by Gasteiger charge is 2.27. The number of nitrogens with zero attached hydrogens (tertiary/aromatic N) is 1. The van der Waals surface area contributed by atoms with Gasteiger partial charge in [-0.2, -0.15) is 0 Å². The molecule has 0 saturated heterocycles. The van der Waals surface area contributed by atoms with Crippen LogP contribution in [0.3, 0.4) is 0 Å². The molecular formula is C69H121NO8P+. The van der Waals surface area contributed by atoms with Crippen molar-refractivity contribution in [1.29, 1.82) is 0 Å². The predicted molar refractivity (Wildman–Crippen MR) is 339 cm³/mol. The molecule has 9 nitrogen and oxygen atoms in total. The van der Waals surface area contributed by atoms with Crippen LogP contribution in [0.2, 0.25) is 0 Å². The van der Waals surface area contributed by atoms with Crippen LogP contribution in [-0.4, -0.2) is 74.9 Å². The van der Waals surface area contributed by atoms with Crippen LogP contribution in [-0.2, 0) is 32.7 Å². The largest absolute Gasteiger partial charge is 0.472 e. The summed E-state index contributed by atoms with van der Waals surface area (Å²) in [6.07, 6.45) is 83.2. The summed E-state index contributed by atoms with van der Waals surface area (Å²) in [4.78, 5) is 35.8. The van der Waals surface area contributed by atoms with Gasteiger partial charge >= 0.3 is 19.8 Å². The van der Waals surface area contributed by atoms with Crippen LogP contribution < -0.4 is 0 Å². The number of phosphoric ester groups is 1. The number of hydrogen-bond acceptors (Lipinski definition) is 7. The van der Waals surface area contributed by atoms with Crippen LogP contribution in [0.1, 0.15) is 264 Å². The zero-order chi connectivity index (χ0) is 57.7. The molecule has 0 radical (unpaired) electrons. The van der Waals surface area contributed by atoms with Crippen molar-refractivity contribution >= 4 is 19.8 Å². The lowest BCUT2D eigenvalue weighted by molar-refractivity contribution is -0.870. The van der Waals surface area contributed by atoms with Gasteiger partial charge in [-0.1, -0.05) is 277 Å². The number of quaternary nitrogens is 1. The standard InChI is InChI=1S/C69H120NO8P/c1-6-8-10-12-14-16-18-20-22-24-26-28-30-32-33-34-35-36-37-38-40-42-44-46-48-50-52-54-56-58-60-62-69(72)78-67(66-77-79(73,74)76-64-63-70(3,4)5)65-75-68(71)61-59-57-55-53-51-49-47-45-43-41-39-31-29-27-25-23-21-19-17-15-13-11-9-7-2/h8,10,14,16,20,22,26,28,32-33,35-36,38,40,44,46,50,52,67H,6-7,9,11-13,15,17-19,21,23-25,27,29-31,34,37,39,41-43,45,47-49,51,53-66H2,1-5H3/p+1/b10-8-,16-14-,22-20-,28-26-,33-32-,36-35-,40-38-,46-44-,52-50-. The van der Waals surface area contributed by atoms with E-state index in [9.17, 15) is 19.0 Å². The Hall–Kier alpha value is -3.33. The first-order valence-corrected chi connectivity index (χ1v) is 33.6. The summed E-state index contributed by atoms with van der Waals surface area (Å²) in [5.41, 5.74) is 0. The van der Waals surface area contributed by atoms with E-state index in [0.29, 0.717) is 17.4 Å². The van der Waals surface area contributed by atoms with Crippen molar-refractivity contribution in [2.45, 2.75) is 270 Å². The second-order valence-electron chi connectivity index (χ2n) is 22.4. The molecule has 10 heteroatoms. The van der Waals surface area contributed by atoms with Gasteiger partial charge in [0.2, 0.25) is 0 Å². The lowest BCUT2D eigenvalue weighted by Crippen LogP contribution is -2.37. The first-order valence-electron chi connectivity index (χ1n) is 32.1. The number of rotatable bonds is 58. The third-order valence-corrected chi connectivity index (χ3v) is 14.6. The number of ether oxygens (including phenoxy) is 2. The molecule has 0 fully saturated rings. The summed E-state index contributed by atoms with van der Waals surface area (Å²) in [5, 5.41) is 0. The fourth-order valence-corrected chi connectivity index (χ4v) is 9.40. The second kappa shape index (κ2) is 59.3. The van der Waals surface area contributed by atoms with E-state index in [0.717, 1.165) is 96.3 Å². The van der Waals surface area contributed by atoms with Gasteiger partial charge in [-0.05, 0) is 83.5 Å². The van der Waals surface area contributed by atoms with Crippen LogP contribution in [0.15, 0.2) is 109 Å². The van der Waals surface area contributed by atoms with Crippen LogP contribution >= 0.6 is 7.82 Å². The minimum Gasteiger partial charge on any atom is -0.462 e. The molecule has 0 bridgehead atoms. The highest BCUT2D eigenvalue weighted by molar-refractivity contribution is 7.47. The summed E-state index contributed by atoms with van der Waals surface area (Å²) in [5.74, 6) is -0.834. The van der Waals surface area contributed by atoms with Crippen molar-refractivity contribution in [3.63, 3.8) is 0 Å². The lowest BCUT2D eigenvalue weighted by atomic mass is 10.0. The van der Waals surface area contributed by atoms with E-state index in [1.165, 1.54) is 135 Å². The molecule has 2 unspecified atom stereocenters. The molecule has 0 aromatic rings. The predicted octanol–water partition coefficient (Wildman–Crippen LogP) is 20.5. The molecule has 2 atom stereocenters. The zero-order valence-electron chi connectivity index (χ0n) is 51.6. The van der Waals surface area contributed by atoms with E-state index in [-0.39, 0.29) is 32.0 Å². The molecule has 0 aliphatic rings. The maximum Gasteiger partial charge on any atom is 0.472 e. The second-order valence-corrected chi connectivity index (χ2v) is 23.9. The fraction of sp³-hybridized carbons (Fsp3) is 0.710. The van der Waals surface area contributed by atoms with Crippen LogP contribution in [0, 0.1) is 0 Å². The van der Waals surface area contributed by atoms with Crippen molar-refractivity contribution in [2.75, 3.05) is 47.5 Å². The van der Waals surface area contributed by atoms with Crippen molar-refractivity contribution in [3.05, 3.63) is 109 Å². The van der Waals surface area contributed by atoms with Crippen molar-refractivity contribution in [2.24, 2.45) is 0 Å². The minimum absolute atomic E-state index is 0.0205. The molecule has 0 spiro atoms. The molecule has 0 heterocycles. The molecular weight excluding hydrogens is 1000 g/mol. The van der Waals surface area contributed by atoms with Crippen molar-refractivity contribution in [3.8, 4) is 0 Å². The average molecular weight is 1120 g/mol. The summed E-state index contributed by atoms with van der Waals surface area (Å²) in [6.45, 7) is 4.30. The summed E-state index contributed by atoms with van der Waals surface area (Å²) < 4.78 is 34.6. The first kappa shape index (κ1) is 75.7. The highest BCUT2D eigenvalue weighted by atomic mass is 31.2. The quantitative estimate of drug-likeness (QED) is 0.0211. The molecule has 1 N–H and O–H groups in total. The Kier molecular flexibility index (Phi) is 56.8. The normalized spacial score (nSPS) is 13.9. The van der Waals surface area contributed by atoms with Gasteiger partial charge in [0.05, 0.1) is 27.7 Å². The van der Waals surface area contributed by atoms with E-state index >= 15 is 0 Å². The fourth-order valence-electron chi connectivity index (χ4n) is 8.66. The Bertz CT molecular complexity index is 1700. The molecule has 454 valence electrons. The Morgan fingerprint density at radius 1 is 0.405 bits per heavy atom. The first-order chi connectivity index (χ1) is 38.5. The molecule has 0 rings (SSSR count). The van der Waals surface area contributed by atoms with Gasteiger partial charge in [0, 0.05) is 12.8 Å². The van der Waals surface area contributed by atoms with Crippen molar-refractivity contribution in [1.82, 2.24) is 0 Å². The van der Waals surface area contributed by atoms with Crippen LogP contribution in [0.25, 0.3) is 0 Å². The Balaban J connectivity index is 4.21. The Labute approximate surface area is 486 Å². The number of likely N-dealkylation sites (N-methyl/N-ethyl adjacent to an activating group) is 1. The molecule has 0 amide bonds. The number of unbranched alkanes of at least 4 members (excludes halogenated alkanes) is 26. The highest BCUT2D eigenvalue weighted by Crippen LogP contribution is 2.43. The summed E-state index contributed by atoms with van der Waals surface area (Å²) in [6, 6.07) is 0. The molecule has 0 aliphatic heterocycles. The van der Waals surface area contributed by atoms with Crippen molar-refractivity contribution < 1.29 is 42.1 Å². The molecule has 0 aromatic heterocycles. The van der Waals surface area contributed by atoms with E-state index in [1.54, 1.807) is 0 Å². The monoisotopic (exact) mass is 1120 g/mol. The molecule has 0 aliphatic carbocycles. The Morgan fingerprint density at radius 3 is 1.08 bits per heavy atom. The summed E-state index contributed by atoms with van der Waals surface area (Å²) in [7, 11) is 1.45. The Morgan fingerprint density at radius 2 is 0.722 bits per heavy atom. The number of carbonyl (C=O) groups is 2. The SMILES string of the molecule is CC/C=C\C/C=C\C/C=C\C/C=C\C/C=C\C/C=C\C/C=C\C/C=C\C/C=C\CCCCCC(=O)OC(COC(=O)CCCCCCCCCCCCCCCCCCCCCCCCCC)COP(=O)(O)OCC[N+](C)(C)C. The van der Waals surface area contributed by atoms with Gasteiger partial charge in [-0.3, -0.25) is 18.6 Å². The van der Waals surface area contributed by atoms with E-state index in [4.69, 9.17) is 18.5 Å². The number of carbonyl (C=O) groups excluding carboxylic acids is 2. The van der Waals surface area contributed by atoms with E-state index < -0.39 is 26.5 Å². The number of phosphoric acid groups is 1. The van der Waals surface area contributed by atoms with Gasteiger partial charge in [-0.25, -0.2) is 4.57 Å². The van der Waals surface area contributed by atoms with Crippen LogP contribution in [0.4, 0.5) is 0 Å². The number of esters is 2. The maximum atomic E-state index is 12.8. The zero-order valence-corrected chi connectivity index (χ0v) is 52.5. The van der Waals surface area contributed by atoms with Gasteiger partial charge < -0.3 is 18.9 Å². The maximum absolute atomic E-state index is 12.8. The minimum atomic E-state index is -4.40.